The molecule has 0 aromatic heterocycles. The average Bonchev–Trinajstić information content (AvgIpc) is 2.55. The number of amides is 1. The van der Waals surface area contributed by atoms with E-state index in [4.69, 9.17) is 15.2 Å². The van der Waals surface area contributed by atoms with E-state index >= 15 is 0 Å². The number of ketones is 1. The van der Waals surface area contributed by atoms with Crippen molar-refractivity contribution in [2.24, 2.45) is 0 Å². The third kappa shape index (κ3) is 4.74. The van der Waals surface area contributed by atoms with Crippen molar-refractivity contribution >= 4 is 23.1 Å². The van der Waals surface area contributed by atoms with Gasteiger partial charge in [-0.2, -0.15) is 0 Å². The Morgan fingerprint density at radius 1 is 1.08 bits per heavy atom. The van der Waals surface area contributed by atoms with Crippen molar-refractivity contribution in [2.75, 3.05) is 24.3 Å². The van der Waals surface area contributed by atoms with Crippen LogP contribution in [0.1, 0.15) is 24.2 Å². The van der Waals surface area contributed by atoms with Gasteiger partial charge in [-0.05, 0) is 56.3 Å². The normalized spacial score (nSPS) is 10.1. The number of nitrogens with one attached hydrogen (secondary N) is 1. The van der Waals surface area contributed by atoms with Gasteiger partial charge in [-0.25, -0.2) is 0 Å². The SMILES string of the molecule is CCOc1ccc(NC(=O)COc2ccc(C(C)=O)cc2N)cc1. The maximum atomic E-state index is 11.9. The van der Waals surface area contributed by atoms with E-state index < -0.39 is 0 Å². The third-order valence-corrected chi connectivity index (χ3v) is 3.22. The minimum absolute atomic E-state index is 0.0820. The lowest BCUT2D eigenvalue weighted by Gasteiger charge is -2.10. The number of rotatable bonds is 7. The van der Waals surface area contributed by atoms with Crippen LogP contribution in [-0.4, -0.2) is 24.9 Å². The van der Waals surface area contributed by atoms with Gasteiger partial charge in [-0.1, -0.05) is 0 Å². The van der Waals surface area contributed by atoms with Crippen LogP contribution in [-0.2, 0) is 4.79 Å². The molecule has 126 valence electrons. The van der Waals surface area contributed by atoms with E-state index in [0.717, 1.165) is 5.75 Å². The van der Waals surface area contributed by atoms with Gasteiger partial charge in [-0.3, -0.25) is 9.59 Å². The second-order valence-electron chi connectivity index (χ2n) is 5.10. The predicted molar refractivity (Wildman–Crippen MR) is 92.6 cm³/mol. The topological polar surface area (TPSA) is 90.6 Å². The van der Waals surface area contributed by atoms with Crippen LogP contribution in [0.2, 0.25) is 0 Å². The van der Waals surface area contributed by atoms with Crippen molar-refractivity contribution in [3.05, 3.63) is 48.0 Å². The monoisotopic (exact) mass is 328 g/mol. The quantitative estimate of drug-likeness (QED) is 0.602. The van der Waals surface area contributed by atoms with Crippen LogP contribution < -0.4 is 20.5 Å². The number of carbonyl (C=O) groups excluding carboxylic acids is 2. The molecule has 0 radical (unpaired) electrons. The van der Waals surface area contributed by atoms with Crippen LogP contribution in [0, 0.1) is 0 Å². The van der Waals surface area contributed by atoms with Gasteiger partial charge < -0.3 is 20.5 Å². The lowest BCUT2D eigenvalue weighted by atomic mass is 10.1. The van der Waals surface area contributed by atoms with Crippen LogP contribution >= 0.6 is 0 Å². The highest BCUT2D eigenvalue weighted by Gasteiger charge is 2.08. The van der Waals surface area contributed by atoms with Gasteiger partial charge >= 0.3 is 0 Å². The molecule has 0 aliphatic rings. The van der Waals surface area contributed by atoms with Gasteiger partial charge in [0.1, 0.15) is 11.5 Å². The second-order valence-corrected chi connectivity index (χ2v) is 5.10. The van der Waals surface area contributed by atoms with E-state index in [1.54, 1.807) is 36.4 Å². The van der Waals surface area contributed by atoms with Crippen molar-refractivity contribution in [1.82, 2.24) is 0 Å². The van der Waals surface area contributed by atoms with Gasteiger partial charge in [0.05, 0.1) is 12.3 Å². The zero-order valence-electron chi connectivity index (χ0n) is 13.7. The van der Waals surface area contributed by atoms with Crippen LogP contribution in [0.4, 0.5) is 11.4 Å². The van der Waals surface area contributed by atoms with Gasteiger partial charge in [0.2, 0.25) is 0 Å². The van der Waals surface area contributed by atoms with E-state index in [-0.39, 0.29) is 18.3 Å². The van der Waals surface area contributed by atoms with Crippen molar-refractivity contribution in [2.45, 2.75) is 13.8 Å². The Morgan fingerprint density at radius 2 is 1.79 bits per heavy atom. The summed E-state index contributed by atoms with van der Waals surface area (Å²) < 4.78 is 10.7. The number of nitrogen functional groups attached to an aromatic ring is 1. The van der Waals surface area contributed by atoms with Gasteiger partial charge in [0.25, 0.3) is 5.91 Å². The van der Waals surface area contributed by atoms with Crippen molar-refractivity contribution in [1.29, 1.82) is 0 Å². The van der Waals surface area contributed by atoms with Crippen molar-refractivity contribution in [3.8, 4) is 11.5 Å². The summed E-state index contributed by atoms with van der Waals surface area (Å²) in [5.41, 5.74) is 7.28. The highest BCUT2D eigenvalue weighted by atomic mass is 16.5. The van der Waals surface area contributed by atoms with E-state index in [1.807, 2.05) is 6.92 Å². The Labute approximate surface area is 140 Å². The van der Waals surface area contributed by atoms with Crippen LogP contribution in [0.3, 0.4) is 0 Å². The maximum Gasteiger partial charge on any atom is 0.262 e. The average molecular weight is 328 g/mol. The minimum atomic E-state index is -0.311. The predicted octanol–water partition coefficient (Wildman–Crippen LogP) is 2.89. The molecule has 0 atom stereocenters. The summed E-state index contributed by atoms with van der Waals surface area (Å²) in [4.78, 5) is 23.2. The lowest BCUT2D eigenvalue weighted by molar-refractivity contribution is -0.118. The molecule has 6 nitrogen and oxygen atoms in total. The summed E-state index contributed by atoms with van der Waals surface area (Å²) in [6.45, 7) is 3.77. The summed E-state index contributed by atoms with van der Waals surface area (Å²) in [5.74, 6) is 0.711. The molecule has 0 saturated carbocycles. The van der Waals surface area contributed by atoms with Gasteiger partial charge in [0.15, 0.2) is 12.4 Å². The molecule has 2 aromatic rings. The first kappa shape index (κ1) is 17.3. The summed E-state index contributed by atoms with van der Waals surface area (Å²) in [6.07, 6.45) is 0. The third-order valence-electron chi connectivity index (χ3n) is 3.22. The molecule has 0 heterocycles. The Bertz CT molecular complexity index is 726. The molecule has 0 saturated heterocycles. The molecule has 3 N–H and O–H groups in total. The number of hydrogen-bond donors (Lipinski definition) is 2. The first-order chi connectivity index (χ1) is 11.5. The molecule has 0 fully saturated rings. The zero-order chi connectivity index (χ0) is 17.5. The number of benzene rings is 2. The fraction of sp³-hybridized carbons (Fsp3) is 0.222. The molecule has 0 bridgehead atoms. The largest absolute Gasteiger partial charge is 0.494 e. The summed E-state index contributed by atoms with van der Waals surface area (Å²) >= 11 is 0. The number of Topliss-reactive ketones (excluding diaryl/α,β-unsaturated/α-hetero) is 1. The molecular formula is C18H20N2O4. The summed E-state index contributed by atoms with van der Waals surface area (Å²) in [6, 6.07) is 11.8. The standard InChI is InChI=1S/C18H20N2O4/c1-3-23-15-7-5-14(6-8-15)20-18(22)11-24-17-9-4-13(12(2)21)10-16(17)19/h4-10H,3,11,19H2,1-2H3,(H,20,22). The first-order valence-corrected chi connectivity index (χ1v) is 7.55. The summed E-state index contributed by atoms with van der Waals surface area (Å²) in [5, 5.41) is 2.72. The van der Waals surface area contributed by atoms with Crippen molar-refractivity contribution < 1.29 is 19.1 Å². The van der Waals surface area contributed by atoms with Crippen LogP contribution in [0.25, 0.3) is 0 Å². The molecule has 0 aliphatic heterocycles. The highest BCUT2D eigenvalue weighted by Crippen LogP contribution is 2.23. The van der Waals surface area contributed by atoms with E-state index in [2.05, 4.69) is 5.32 Å². The zero-order valence-corrected chi connectivity index (χ0v) is 13.7. The molecule has 24 heavy (non-hydrogen) atoms. The van der Waals surface area contributed by atoms with Gasteiger partial charge in [0, 0.05) is 11.3 Å². The number of ether oxygens (including phenoxy) is 2. The van der Waals surface area contributed by atoms with Crippen molar-refractivity contribution in [3.63, 3.8) is 0 Å². The number of hydrogen-bond acceptors (Lipinski definition) is 5. The fourth-order valence-electron chi connectivity index (χ4n) is 2.04. The summed E-state index contributed by atoms with van der Waals surface area (Å²) in [7, 11) is 0. The Morgan fingerprint density at radius 3 is 2.38 bits per heavy atom. The maximum absolute atomic E-state index is 11.9. The molecule has 1 amide bonds. The minimum Gasteiger partial charge on any atom is -0.494 e. The van der Waals surface area contributed by atoms with Gasteiger partial charge in [-0.15, -0.1) is 0 Å². The Kier molecular flexibility index (Phi) is 5.78. The lowest BCUT2D eigenvalue weighted by Crippen LogP contribution is -2.20. The van der Waals surface area contributed by atoms with E-state index in [9.17, 15) is 9.59 Å². The number of anilines is 2. The molecule has 0 aliphatic carbocycles. The number of carbonyl (C=O) groups is 2. The highest BCUT2D eigenvalue weighted by molar-refractivity contribution is 5.95. The Balaban J connectivity index is 1.90. The van der Waals surface area contributed by atoms with E-state index in [1.165, 1.54) is 13.0 Å². The van der Waals surface area contributed by atoms with E-state index in [0.29, 0.717) is 29.3 Å². The number of nitrogens with two attached hydrogens (primary N) is 1. The Hall–Kier alpha value is -3.02. The van der Waals surface area contributed by atoms with Crippen LogP contribution in [0.15, 0.2) is 42.5 Å². The molecule has 0 unspecified atom stereocenters. The fourth-order valence-corrected chi connectivity index (χ4v) is 2.04. The first-order valence-electron chi connectivity index (χ1n) is 7.55. The molecule has 2 rings (SSSR count). The molecule has 0 spiro atoms. The molecule has 2 aromatic carbocycles. The molecule has 6 heteroatoms. The smallest absolute Gasteiger partial charge is 0.262 e. The van der Waals surface area contributed by atoms with Crippen LogP contribution in [0.5, 0.6) is 11.5 Å². The second kappa shape index (κ2) is 8.01. The molecular weight excluding hydrogens is 308 g/mol.